The first-order valence-corrected chi connectivity index (χ1v) is 3.21. The minimum Gasteiger partial charge on any atom is -0.383 e. The van der Waals surface area contributed by atoms with Crippen molar-refractivity contribution in [3.8, 4) is 0 Å². The first kappa shape index (κ1) is 8.61. The highest BCUT2D eigenvalue weighted by Crippen LogP contribution is 2.11. The maximum absolute atomic E-state index is 10.8. The summed E-state index contributed by atoms with van der Waals surface area (Å²) in [7, 11) is 1.32. The predicted molar refractivity (Wildman–Crippen MR) is 33.8 cm³/mol. The summed E-state index contributed by atoms with van der Waals surface area (Å²) < 4.78 is 9.40. The van der Waals surface area contributed by atoms with Crippen LogP contribution >= 0.6 is 0 Å². The molecule has 0 aromatic rings. The van der Waals surface area contributed by atoms with E-state index in [2.05, 4.69) is 4.74 Å². The zero-order valence-electron chi connectivity index (χ0n) is 6.06. The van der Waals surface area contributed by atoms with Crippen molar-refractivity contribution >= 4 is 5.78 Å². The number of aliphatic hydroxyl groups excluding tert-OH is 2. The fraction of sp³-hybridized carbons (Fsp3) is 0.833. The Hall–Kier alpha value is -0.490. The molecule has 1 heterocycles. The fourth-order valence-corrected chi connectivity index (χ4v) is 0.887. The molecule has 11 heavy (non-hydrogen) atoms. The number of aliphatic hydroxyl groups is 2. The summed E-state index contributed by atoms with van der Waals surface area (Å²) in [6.45, 7) is -0.117. The van der Waals surface area contributed by atoms with Crippen molar-refractivity contribution < 1.29 is 24.5 Å². The number of hydrogen-bond donors (Lipinski definition) is 2. The van der Waals surface area contributed by atoms with Gasteiger partial charge in [0.05, 0.1) is 6.61 Å². The molecule has 0 spiro atoms. The van der Waals surface area contributed by atoms with Gasteiger partial charge in [-0.15, -0.1) is 0 Å². The summed E-state index contributed by atoms with van der Waals surface area (Å²) in [6, 6.07) is 0. The molecule has 1 fully saturated rings. The third kappa shape index (κ3) is 1.57. The van der Waals surface area contributed by atoms with E-state index in [1.54, 1.807) is 0 Å². The van der Waals surface area contributed by atoms with Gasteiger partial charge in [0.25, 0.3) is 0 Å². The number of carbonyl (C=O) groups excluding carboxylic acids is 1. The van der Waals surface area contributed by atoms with Gasteiger partial charge in [-0.2, -0.15) is 0 Å². The first-order valence-electron chi connectivity index (χ1n) is 3.21. The molecule has 5 heteroatoms. The largest absolute Gasteiger partial charge is 0.383 e. The van der Waals surface area contributed by atoms with Gasteiger partial charge in [0.15, 0.2) is 18.2 Å². The molecule has 0 aromatic carbocycles. The van der Waals surface area contributed by atoms with E-state index in [1.165, 1.54) is 7.11 Å². The molecule has 64 valence electrons. The highest BCUT2D eigenvalue weighted by molar-refractivity contribution is 5.88. The summed E-state index contributed by atoms with van der Waals surface area (Å²) in [5.74, 6) is -0.650. The maximum Gasteiger partial charge on any atom is 0.197 e. The van der Waals surface area contributed by atoms with E-state index < -0.39 is 24.3 Å². The van der Waals surface area contributed by atoms with Crippen LogP contribution in [0.15, 0.2) is 0 Å². The SMILES string of the molecule is CO[C@@H]1OC[C@@H](O)C(=O)[C@@H]1O. The number of Topliss-reactive ketones (excluding diaryl/α,β-unsaturated/α-hetero) is 1. The Morgan fingerprint density at radius 2 is 2.27 bits per heavy atom. The molecule has 0 aliphatic carbocycles. The number of ketones is 1. The molecule has 1 aliphatic rings. The van der Waals surface area contributed by atoms with E-state index in [9.17, 15) is 4.79 Å². The van der Waals surface area contributed by atoms with Crippen LogP contribution in [0.1, 0.15) is 0 Å². The van der Waals surface area contributed by atoms with E-state index in [0.29, 0.717) is 0 Å². The Bertz CT molecular complexity index is 157. The molecular formula is C6H10O5. The Balaban J connectivity index is 2.59. The summed E-state index contributed by atoms with van der Waals surface area (Å²) in [4.78, 5) is 10.8. The van der Waals surface area contributed by atoms with Gasteiger partial charge >= 0.3 is 0 Å². The van der Waals surface area contributed by atoms with E-state index in [0.717, 1.165) is 0 Å². The molecule has 0 saturated carbocycles. The van der Waals surface area contributed by atoms with Gasteiger partial charge in [0.1, 0.15) is 6.10 Å². The number of carbonyl (C=O) groups is 1. The van der Waals surface area contributed by atoms with Gasteiger partial charge in [-0.1, -0.05) is 0 Å². The first-order chi connectivity index (χ1) is 5.16. The molecule has 0 radical (unpaired) electrons. The lowest BCUT2D eigenvalue weighted by molar-refractivity contribution is -0.217. The highest BCUT2D eigenvalue weighted by atomic mass is 16.7. The molecule has 0 unspecified atom stereocenters. The van der Waals surface area contributed by atoms with Crippen molar-refractivity contribution in [2.75, 3.05) is 13.7 Å². The Labute approximate surface area is 63.5 Å². The average molecular weight is 162 g/mol. The third-order valence-electron chi connectivity index (χ3n) is 1.53. The van der Waals surface area contributed by atoms with Crippen LogP contribution in [0.2, 0.25) is 0 Å². The number of hydrogen-bond acceptors (Lipinski definition) is 5. The zero-order chi connectivity index (χ0) is 8.43. The van der Waals surface area contributed by atoms with Crippen LogP contribution in [0.3, 0.4) is 0 Å². The van der Waals surface area contributed by atoms with Gasteiger partial charge in [-0.25, -0.2) is 0 Å². The van der Waals surface area contributed by atoms with Crippen LogP contribution in [0.4, 0.5) is 0 Å². The zero-order valence-corrected chi connectivity index (χ0v) is 6.06. The molecular weight excluding hydrogens is 152 g/mol. The average Bonchev–Trinajstić information content (AvgIpc) is 2.01. The predicted octanol–water partition coefficient (Wildman–Crippen LogP) is -1.72. The van der Waals surface area contributed by atoms with Gasteiger partial charge in [-0.3, -0.25) is 4.79 Å². The van der Waals surface area contributed by atoms with Gasteiger partial charge in [0, 0.05) is 7.11 Å². The fourth-order valence-electron chi connectivity index (χ4n) is 0.887. The van der Waals surface area contributed by atoms with Gasteiger partial charge < -0.3 is 19.7 Å². The second-order valence-corrected chi connectivity index (χ2v) is 2.30. The van der Waals surface area contributed by atoms with Crippen LogP contribution in [0.5, 0.6) is 0 Å². The monoisotopic (exact) mass is 162 g/mol. The number of methoxy groups -OCH3 is 1. The molecule has 3 atom stereocenters. The van der Waals surface area contributed by atoms with E-state index in [4.69, 9.17) is 14.9 Å². The molecule has 1 saturated heterocycles. The second-order valence-electron chi connectivity index (χ2n) is 2.30. The second kappa shape index (κ2) is 3.27. The van der Waals surface area contributed by atoms with Crippen LogP contribution < -0.4 is 0 Å². The quantitative estimate of drug-likeness (QED) is 0.479. The van der Waals surface area contributed by atoms with Crippen molar-refractivity contribution in [3.63, 3.8) is 0 Å². The molecule has 0 bridgehead atoms. The van der Waals surface area contributed by atoms with E-state index in [1.807, 2.05) is 0 Å². The molecule has 1 aliphatic heterocycles. The van der Waals surface area contributed by atoms with Crippen molar-refractivity contribution in [1.82, 2.24) is 0 Å². The standard InChI is InChI=1S/C6H10O5/c1-10-6-5(9)4(8)3(7)2-11-6/h3,5-7,9H,2H2,1H3/t3-,5+,6-/m1/s1. The van der Waals surface area contributed by atoms with Crippen molar-refractivity contribution in [2.24, 2.45) is 0 Å². The Morgan fingerprint density at radius 3 is 2.82 bits per heavy atom. The smallest absolute Gasteiger partial charge is 0.197 e. The molecule has 2 N–H and O–H groups in total. The van der Waals surface area contributed by atoms with Crippen LogP contribution in [-0.4, -0.2) is 48.2 Å². The molecule has 5 nitrogen and oxygen atoms in total. The topological polar surface area (TPSA) is 76.0 Å². The summed E-state index contributed by atoms with van der Waals surface area (Å²) in [6.07, 6.45) is -3.54. The van der Waals surface area contributed by atoms with Crippen LogP contribution in [0.25, 0.3) is 0 Å². The van der Waals surface area contributed by atoms with Crippen molar-refractivity contribution in [3.05, 3.63) is 0 Å². The van der Waals surface area contributed by atoms with E-state index in [-0.39, 0.29) is 6.61 Å². The highest BCUT2D eigenvalue weighted by Gasteiger charge is 2.36. The Morgan fingerprint density at radius 1 is 1.64 bits per heavy atom. The molecule has 0 amide bonds. The van der Waals surface area contributed by atoms with Crippen LogP contribution in [0, 0.1) is 0 Å². The van der Waals surface area contributed by atoms with Gasteiger partial charge in [-0.05, 0) is 0 Å². The minimum absolute atomic E-state index is 0.117. The third-order valence-corrected chi connectivity index (χ3v) is 1.53. The summed E-state index contributed by atoms with van der Waals surface area (Å²) in [5.41, 5.74) is 0. The summed E-state index contributed by atoms with van der Waals surface area (Å²) in [5, 5.41) is 17.9. The summed E-state index contributed by atoms with van der Waals surface area (Å²) >= 11 is 0. The van der Waals surface area contributed by atoms with Crippen molar-refractivity contribution in [2.45, 2.75) is 18.5 Å². The maximum atomic E-state index is 10.8. The lowest BCUT2D eigenvalue weighted by atomic mass is 10.1. The lowest BCUT2D eigenvalue weighted by Crippen LogP contribution is -2.50. The molecule has 0 aromatic heterocycles. The van der Waals surface area contributed by atoms with Gasteiger partial charge in [0.2, 0.25) is 0 Å². The number of rotatable bonds is 1. The van der Waals surface area contributed by atoms with E-state index >= 15 is 0 Å². The minimum atomic E-state index is -1.37. The van der Waals surface area contributed by atoms with Crippen molar-refractivity contribution in [1.29, 1.82) is 0 Å². The molecule has 1 rings (SSSR count). The lowest BCUT2D eigenvalue weighted by Gasteiger charge is -2.28. The van der Waals surface area contributed by atoms with Crippen LogP contribution in [-0.2, 0) is 14.3 Å². The number of ether oxygens (including phenoxy) is 2. The Kier molecular flexibility index (Phi) is 2.56. The normalized spacial score (nSPS) is 39.2.